The van der Waals surface area contributed by atoms with Gasteiger partial charge in [-0.15, -0.1) is 0 Å². The Morgan fingerprint density at radius 3 is 1.01 bits per heavy atom. The zero-order valence-electron chi connectivity index (χ0n) is 62.7. The molecule has 0 aromatic rings. The van der Waals surface area contributed by atoms with Gasteiger partial charge in [-0.2, -0.15) is 0 Å². The average Bonchev–Trinajstić information content (AvgIpc) is 0.847. The molecule has 11 nitrogen and oxygen atoms in total. The highest BCUT2D eigenvalue weighted by Crippen LogP contribution is 2.24. The molecule has 1 aliphatic rings. The molecule has 1 rings (SSSR count). The molecular formula is C84H159NO10. The van der Waals surface area contributed by atoms with E-state index in [-0.39, 0.29) is 18.5 Å². The van der Waals surface area contributed by atoms with Crippen molar-refractivity contribution in [2.24, 2.45) is 0 Å². The van der Waals surface area contributed by atoms with Crippen LogP contribution in [0.2, 0.25) is 0 Å². The number of unbranched alkanes of at least 4 members (excludes halogenated alkanes) is 57. The van der Waals surface area contributed by atoms with Crippen molar-refractivity contribution in [3.63, 3.8) is 0 Å². The normalized spacial score (nSPS) is 17.5. The van der Waals surface area contributed by atoms with Gasteiger partial charge >= 0.3 is 5.97 Å². The van der Waals surface area contributed by atoms with Crippen LogP contribution in [0.5, 0.6) is 0 Å². The number of allylic oxidation sites excluding steroid dienone is 5. The molecule has 560 valence electrons. The summed E-state index contributed by atoms with van der Waals surface area (Å²) in [7, 11) is 0. The largest absolute Gasteiger partial charge is 0.466 e. The van der Waals surface area contributed by atoms with Gasteiger partial charge in [0.1, 0.15) is 24.4 Å². The highest BCUT2D eigenvalue weighted by Gasteiger charge is 2.44. The van der Waals surface area contributed by atoms with E-state index in [0.29, 0.717) is 19.4 Å². The van der Waals surface area contributed by atoms with Crippen LogP contribution in [0.15, 0.2) is 36.5 Å². The highest BCUT2D eigenvalue weighted by molar-refractivity contribution is 5.76. The molecule has 11 heteroatoms. The molecule has 0 bridgehead atoms. The maximum atomic E-state index is 13.0. The molecule has 0 spiro atoms. The third-order valence-corrected chi connectivity index (χ3v) is 20.0. The van der Waals surface area contributed by atoms with Crippen molar-refractivity contribution in [2.45, 2.75) is 468 Å². The lowest BCUT2D eigenvalue weighted by Crippen LogP contribution is -2.60. The van der Waals surface area contributed by atoms with Crippen molar-refractivity contribution in [3.8, 4) is 0 Å². The van der Waals surface area contributed by atoms with E-state index in [9.17, 15) is 35.1 Å². The second kappa shape index (κ2) is 73.1. The van der Waals surface area contributed by atoms with E-state index in [1.54, 1.807) is 6.08 Å². The molecule has 0 aliphatic carbocycles. The predicted molar refractivity (Wildman–Crippen MR) is 403 cm³/mol. The topological polar surface area (TPSA) is 175 Å². The van der Waals surface area contributed by atoms with Crippen LogP contribution in [0.4, 0.5) is 0 Å². The fraction of sp³-hybridized carbons (Fsp3) is 0.905. The number of aliphatic hydroxyl groups is 5. The quantitative estimate of drug-likeness (QED) is 0.0195. The van der Waals surface area contributed by atoms with Crippen LogP contribution in [0.3, 0.4) is 0 Å². The van der Waals surface area contributed by atoms with Crippen molar-refractivity contribution in [3.05, 3.63) is 36.5 Å². The summed E-state index contributed by atoms with van der Waals surface area (Å²) in [5, 5.41) is 54.4. The minimum Gasteiger partial charge on any atom is -0.466 e. The third kappa shape index (κ3) is 61.5. The van der Waals surface area contributed by atoms with Gasteiger partial charge in [0, 0.05) is 12.8 Å². The number of carbonyl (C=O) groups excluding carboxylic acids is 2. The molecule has 1 aliphatic heterocycles. The van der Waals surface area contributed by atoms with Crippen LogP contribution in [0.1, 0.15) is 425 Å². The first kappa shape index (κ1) is 90.9. The summed E-state index contributed by atoms with van der Waals surface area (Å²) in [5.41, 5.74) is 0. The van der Waals surface area contributed by atoms with Gasteiger partial charge in [-0.1, -0.05) is 365 Å². The lowest BCUT2D eigenvalue weighted by atomic mass is 9.99. The molecule has 1 amide bonds. The van der Waals surface area contributed by atoms with Crippen LogP contribution in [0.25, 0.3) is 0 Å². The van der Waals surface area contributed by atoms with Gasteiger partial charge in [0.05, 0.1) is 32.0 Å². The molecule has 0 radical (unpaired) electrons. The van der Waals surface area contributed by atoms with Gasteiger partial charge in [-0.3, -0.25) is 9.59 Å². The first-order chi connectivity index (χ1) is 46.7. The summed E-state index contributed by atoms with van der Waals surface area (Å²) in [6.45, 7) is 4.36. The number of amides is 1. The maximum Gasteiger partial charge on any atom is 0.305 e. The van der Waals surface area contributed by atoms with Crippen molar-refractivity contribution in [1.29, 1.82) is 0 Å². The van der Waals surface area contributed by atoms with E-state index < -0.39 is 49.5 Å². The Hall–Kier alpha value is -2.12. The Balaban J connectivity index is 1.83. The molecule has 1 saturated heterocycles. The smallest absolute Gasteiger partial charge is 0.305 e. The maximum absolute atomic E-state index is 13.0. The Morgan fingerprint density at radius 1 is 0.379 bits per heavy atom. The monoisotopic (exact) mass is 1340 g/mol. The molecule has 0 aromatic heterocycles. The predicted octanol–water partition coefficient (Wildman–Crippen LogP) is 22.9. The Kier molecular flexibility index (Phi) is 69.9. The van der Waals surface area contributed by atoms with Crippen LogP contribution >= 0.6 is 0 Å². The first-order valence-electron chi connectivity index (χ1n) is 41.8. The Labute approximate surface area is 587 Å². The number of carbonyl (C=O) groups is 2. The Morgan fingerprint density at radius 2 is 0.674 bits per heavy atom. The van der Waals surface area contributed by atoms with Crippen molar-refractivity contribution in [2.75, 3.05) is 19.8 Å². The zero-order valence-corrected chi connectivity index (χ0v) is 62.7. The fourth-order valence-electron chi connectivity index (χ4n) is 13.4. The fourth-order valence-corrected chi connectivity index (χ4v) is 13.4. The van der Waals surface area contributed by atoms with Gasteiger partial charge in [0.2, 0.25) is 5.91 Å². The summed E-state index contributed by atoms with van der Waals surface area (Å²) < 4.78 is 16.8. The summed E-state index contributed by atoms with van der Waals surface area (Å²) in [4.78, 5) is 25.2. The molecule has 7 unspecified atom stereocenters. The van der Waals surface area contributed by atoms with Crippen LogP contribution < -0.4 is 5.32 Å². The summed E-state index contributed by atoms with van der Waals surface area (Å²) in [6, 6.07) is -0.805. The number of rotatable bonds is 75. The number of hydrogen-bond acceptors (Lipinski definition) is 10. The van der Waals surface area contributed by atoms with Gasteiger partial charge in [-0.05, 0) is 83.5 Å². The van der Waals surface area contributed by atoms with Crippen LogP contribution in [0, 0.1) is 0 Å². The molecule has 0 aromatic carbocycles. The standard InChI is InChI=1S/C84H159NO10/c1-3-5-7-9-11-13-14-15-16-17-39-43-46-49-52-56-60-64-68-72-80(89)93-73-69-65-61-57-53-50-47-44-41-38-36-34-32-30-28-26-24-22-20-18-19-21-23-25-27-29-31-33-35-37-40-42-45-48-51-55-59-63-67-71-79(88)85-76(77(87)70-66-62-58-54-12-10-8-6-4-2)75-94-84-83(92)82(91)81(90)78(74-86)95-84/h15-16,18-19,66,70,76-78,81-84,86-87,90-92H,3-14,17,20-65,67-69,71-75H2,1-2H3,(H,85,88)/b16-15-,19-18-,70-66+. The summed E-state index contributed by atoms with van der Waals surface area (Å²) >= 11 is 0. The SMILES string of the molecule is CCCCCCCC/C=C\CCCCCCCCCCCC(=O)OCCCCCCCCCCCCCCCCCCCC/C=C\CCCCCCCCCCCCCCCCCCCC(=O)NC(COC1OC(CO)C(O)C(O)C1O)C(O)/C=C/CCCCCCCCC. The highest BCUT2D eigenvalue weighted by atomic mass is 16.7. The Bertz CT molecular complexity index is 1670. The van der Waals surface area contributed by atoms with Crippen LogP contribution in [-0.4, -0.2) is 100 Å². The minimum absolute atomic E-state index is 0.0171. The van der Waals surface area contributed by atoms with Gasteiger partial charge in [-0.25, -0.2) is 0 Å². The minimum atomic E-state index is -1.57. The van der Waals surface area contributed by atoms with Gasteiger partial charge in [0.25, 0.3) is 0 Å². The van der Waals surface area contributed by atoms with E-state index in [0.717, 1.165) is 51.4 Å². The molecule has 1 heterocycles. The van der Waals surface area contributed by atoms with Gasteiger partial charge < -0.3 is 45.1 Å². The van der Waals surface area contributed by atoms with E-state index in [2.05, 4.69) is 43.5 Å². The molecule has 6 N–H and O–H groups in total. The van der Waals surface area contributed by atoms with E-state index >= 15 is 0 Å². The van der Waals surface area contributed by atoms with Crippen molar-refractivity contribution in [1.82, 2.24) is 5.32 Å². The number of hydrogen-bond donors (Lipinski definition) is 6. The second-order valence-corrected chi connectivity index (χ2v) is 29.2. The number of esters is 1. The third-order valence-electron chi connectivity index (χ3n) is 20.0. The average molecular weight is 1340 g/mol. The van der Waals surface area contributed by atoms with Crippen molar-refractivity contribution < 1.29 is 49.3 Å². The number of aliphatic hydroxyl groups excluding tert-OH is 5. The molecule has 0 saturated carbocycles. The van der Waals surface area contributed by atoms with Gasteiger partial charge in [0.15, 0.2) is 6.29 Å². The molecule has 1 fully saturated rings. The zero-order chi connectivity index (χ0) is 68.6. The molecule has 7 atom stereocenters. The second-order valence-electron chi connectivity index (χ2n) is 29.2. The van der Waals surface area contributed by atoms with Crippen molar-refractivity contribution >= 4 is 11.9 Å². The lowest BCUT2D eigenvalue weighted by Gasteiger charge is -2.40. The first-order valence-corrected chi connectivity index (χ1v) is 41.8. The summed E-state index contributed by atoms with van der Waals surface area (Å²) in [5.74, 6) is -0.160. The number of ether oxygens (including phenoxy) is 3. The van der Waals surface area contributed by atoms with Crippen LogP contribution in [-0.2, 0) is 23.8 Å². The van der Waals surface area contributed by atoms with E-state index in [1.165, 1.54) is 347 Å². The van der Waals surface area contributed by atoms with E-state index in [4.69, 9.17) is 14.2 Å². The summed E-state index contributed by atoms with van der Waals surface area (Å²) in [6.07, 6.45) is 86.5. The molecular weight excluding hydrogens is 1180 g/mol. The lowest BCUT2D eigenvalue weighted by molar-refractivity contribution is -0.302. The molecule has 95 heavy (non-hydrogen) atoms. The van der Waals surface area contributed by atoms with E-state index in [1.807, 2.05) is 6.08 Å². The number of nitrogens with one attached hydrogen (secondary N) is 1.